The average Bonchev–Trinajstić information content (AvgIpc) is 3.11. The molecule has 1 saturated heterocycles. The average molecular weight is 375 g/mol. The van der Waals surface area contributed by atoms with Gasteiger partial charge in [0.2, 0.25) is 5.91 Å². The Kier molecular flexibility index (Phi) is 6.86. The number of fused-ring (bicyclic) bond motifs is 1. The van der Waals surface area contributed by atoms with Crippen LogP contribution in [0.3, 0.4) is 0 Å². The Morgan fingerprint density at radius 3 is 2.77 bits per heavy atom. The van der Waals surface area contributed by atoms with Crippen molar-refractivity contribution in [3.63, 3.8) is 0 Å². The highest BCUT2D eigenvalue weighted by atomic mass is 32.1. The van der Waals surface area contributed by atoms with E-state index < -0.39 is 0 Å². The summed E-state index contributed by atoms with van der Waals surface area (Å²) >= 11 is 1.80. The van der Waals surface area contributed by atoms with E-state index in [1.165, 1.54) is 15.8 Å². The Bertz CT molecular complexity index is 722. The maximum absolute atomic E-state index is 11.7. The number of benzene rings is 1. The van der Waals surface area contributed by atoms with Crippen LogP contribution in [-0.4, -0.2) is 55.1 Å². The lowest BCUT2D eigenvalue weighted by atomic mass is 10.1. The molecule has 1 aliphatic rings. The molecule has 0 aliphatic carbocycles. The van der Waals surface area contributed by atoms with Crippen LogP contribution in [-0.2, 0) is 11.2 Å². The zero-order chi connectivity index (χ0) is 18.4. The summed E-state index contributed by atoms with van der Waals surface area (Å²) < 4.78 is 1.29. The van der Waals surface area contributed by atoms with E-state index in [1.54, 1.807) is 11.3 Å². The molecular weight excluding hydrogens is 344 g/mol. The van der Waals surface area contributed by atoms with Crippen LogP contribution in [0.5, 0.6) is 0 Å². The monoisotopic (exact) mass is 374 g/mol. The van der Waals surface area contributed by atoms with Gasteiger partial charge < -0.3 is 10.2 Å². The van der Waals surface area contributed by atoms with Crippen molar-refractivity contribution in [3.8, 4) is 0 Å². The molecule has 5 nitrogen and oxygen atoms in total. The van der Waals surface area contributed by atoms with Crippen LogP contribution in [0.25, 0.3) is 10.2 Å². The molecule has 0 bridgehead atoms. The predicted octanol–water partition coefficient (Wildman–Crippen LogP) is 3.29. The molecular formula is C20H30N4OS. The Hall–Kier alpha value is -1.66. The van der Waals surface area contributed by atoms with Gasteiger partial charge in [-0.05, 0) is 24.5 Å². The first-order chi connectivity index (χ1) is 12.7. The summed E-state index contributed by atoms with van der Waals surface area (Å²) in [5, 5.41) is 4.18. The van der Waals surface area contributed by atoms with E-state index in [4.69, 9.17) is 4.98 Å². The van der Waals surface area contributed by atoms with Crippen LogP contribution in [0.1, 0.15) is 38.7 Å². The van der Waals surface area contributed by atoms with Gasteiger partial charge in [0.15, 0.2) is 5.13 Å². The first kappa shape index (κ1) is 19.1. The highest BCUT2D eigenvalue weighted by Gasteiger charge is 2.20. The topological polar surface area (TPSA) is 48.5 Å². The quantitative estimate of drug-likeness (QED) is 0.770. The number of nitrogens with zero attached hydrogens (tertiary/aromatic N) is 3. The lowest BCUT2D eigenvalue weighted by molar-refractivity contribution is -0.121. The zero-order valence-electron chi connectivity index (χ0n) is 16.0. The predicted molar refractivity (Wildman–Crippen MR) is 110 cm³/mol. The summed E-state index contributed by atoms with van der Waals surface area (Å²) in [5.41, 5.74) is 2.51. The van der Waals surface area contributed by atoms with Crippen molar-refractivity contribution in [1.82, 2.24) is 15.2 Å². The van der Waals surface area contributed by atoms with Crippen LogP contribution in [0, 0.1) is 0 Å². The summed E-state index contributed by atoms with van der Waals surface area (Å²) in [6.07, 6.45) is 3.73. The van der Waals surface area contributed by atoms with Crippen molar-refractivity contribution in [2.24, 2.45) is 0 Å². The van der Waals surface area contributed by atoms with Crippen molar-refractivity contribution >= 4 is 32.6 Å². The van der Waals surface area contributed by atoms with E-state index in [0.717, 1.165) is 63.7 Å². The number of aromatic nitrogens is 1. The fraction of sp³-hybridized carbons (Fsp3) is 0.600. The van der Waals surface area contributed by atoms with Gasteiger partial charge in [-0.2, -0.15) is 0 Å². The van der Waals surface area contributed by atoms with Crippen molar-refractivity contribution < 1.29 is 4.79 Å². The first-order valence-corrected chi connectivity index (χ1v) is 10.6. The number of aryl methyl sites for hydroxylation is 1. The molecule has 26 heavy (non-hydrogen) atoms. The van der Waals surface area contributed by atoms with Crippen molar-refractivity contribution in [1.29, 1.82) is 0 Å². The minimum atomic E-state index is 0.187. The molecule has 0 radical (unpaired) electrons. The summed E-state index contributed by atoms with van der Waals surface area (Å²) in [4.78, 5) is 21.4. The van der Waals surface area contributed by atoms with Gasteiger partial charge in [0.25, 0.3) is 0 Å². The lowest BCUT2D eigenvalue weighted by Gasteiger charge is -2.34. The van der Waals surface area contributed by atoms with E-state index in [0.29, 0.717) is 6.42 Å². The second-order valence-electron chi connectivity index (χ2n) is 6.90. The van der Waals surface area contributed by atoms with Gasteiger partial charge in [0, 0.05) is 45.7 Å². The molecule has 1 fully saturated rings. The number of amides is 1. The maximum atomic E-state index is 11.7. The van der Waals surface area contributed by atoms with Crippen LogP contribution >= 0.6 is 11.3 Å². The SMILES string of the molecule is CCCCC(=O)NCCN1CCN(c2nc3c(CC)cccc3s2)CC1. The number of nitrogens with one attached hydrogen (secondary N) is 1. The number of para-hydroxylation sites is 1. The third kappa shape index (κ3) is 4.74. The highest BCUT2D eigenvalue weighted by molar-refractivity contribution is 7.22. The minimum absolute atomic E-state index is 0.187. The summed E-state index contributed by atoms with van der Waals surface area (Å²) in [5.74, 6) is 0.187. The van der Waals surface area contributed by atoms with E-state index in [-0.39, 0.29) is 5.91 Å². The largest absolute Gasteiger partial charge is 0.355 e. The number of unbranched alkanes of at least 4 members (excludes halogenated alkanes) is 1. The number of anilines is 1. The molecule has 0 saturated carbocycles. The number of thiazole rings is 1. The number of piperazine rings is 1. The normalized spacial score (nSPS) is 15.5. The van der Waals surface area contributed by atoms with Crippen molar-refractivity contribution in [3.05, 3.63) is 23.8 Å². The summed E-state index contributed by atoms with van der Waals surface area (Å²) in [7, 11) is 0. The number of carbonyl (C=O) groups is 1. The van der Waals surface area contributed by atoms with Crippen LogP contribution in [0.2, 0.25) is 0 Å². The molecule has 1 aromatic carbocycles. The second-order valence-corrected chi connectivity index (χ2v) is 7.91. The fourth-order valence-electron chi connectivity index (χ4n) is 3.36. The van der Waals surface area contributed by atoms with Gasteiger partial charge in [-0.3, -0.25) is 9.69 Å². The number of rotatable bonds is 8. The molecule has 142 valence electrons. The minimum Gasteiger partial charge on any atom is -0.355 e. The Balaban J connectivity index is 1.47. The van der Waals surface area contributed by atoms with E-state index in [9.17, 15) is 4.79 Å². The zero-order valence-corrected chi connectivity index (χ0v) is 16.8. The van der Waals surface area contributed by atoms with E-state index >= 15 is 0 Å². The molecule has 2 heterocycles. The number of carbonyl (C=O) groups excluding carboxylic acids is 1. The lowest BCUT2D eigenvalue weighted by Crippen LogP contribution is -2.48. The third-order valence-corrected chi connectivity index (χ3v) is 6.10. The van der Waals surface area contributed by atoms with Crippen LogP contribution in [0.4, 0.5) is 5.13 Å². The van der Waals surface area contributed by atoms with Gasteiger partial charge in [0.1, 0.15) is 0 Å². The molecule has 0 spiro atoms. The standard InChI is InChI=1S/C20H30N4OS/c1-3-5-9-18(25)21-10-11-23-12-14-24(15-13-23)20-22-19-16(4-2)7-6-8-17(19)26-20/h6-8H,3-5,9-15H2,1-2H3,(H,21,25). The fourth-order valence-corrected chi connectivity index (χ4v) is 4.42. The molecule has 0 atom stereocenters. The number of hydrogen-bond acceptors (Lipinski definition) is 5. The molecule has 1 amide bonds. The molecule has 2 aromatic rings. The first-order valence-electron chi connectivity index (χ1n) is 9.83. The van der Waals surface area contributed by atoms with E-state index in [2.05, 4.69) is 47.2 Å². The Labute approximate surface area is 160 Å². The Morgan fingerprint density at radius 2 is 2.04 bits per heavy atom. The van der Waals surface area contributed by atoms with Gasteiger partial charge in [-0.15, -0.1) is 0 Å². The van der Waals surface area contributed by atoms with Crippen molar-refractivity contribution in [2.75, 3.05) is 44.2 Å². The van der Waals surface area contributed by atoms with Gasteiger partial charge >= 0.3 is 0 Å². The second kappa shape index (κ2) is 9.33. The molecule has 0 unspecified atom stereocenters. The summed E-state index contributed by atoms with van der Waals surface area (Å²) in [6.45, 7) is 10.1. The van der Waals surface area contributed by atoms with Crippen LogP contribution < -0.4 is 10.2 Å². The molecule has 1 aliphatic heterocycles. The highest BCUT2D eigenvalue weighted by Crippen LogP contribution is 2.31. The van der Waals surface area contributed by atoms with Crippen LogP contribution in [0.15, 0.2) is 18.2 Å². The van der Waals surface area contributed by atoms with Gasteiger partial charge in [-0.25, -0.2) is 4.98 Å². The summed E-state index contributed by atoms with van der Waals surface area (Å²) in [6, 6.07) is 6.49. The molecule has 1 aromatic heterocycles. The molecule has 3 rings (SSSR count). The molecule has 1 N–H and O–H groups in total. The van der Waals surface area contributed by atoms with Gasteiger partial charge in [-0.1, -0.05) is 43.7 Å². The van der Waals surface area contributed by atoms with Crippen molar-refractivity contribution in [2.45, 2.75) is 39.5 Å². The molecule has 6 heteroatoms. The Morgan fingerprint density at radius 1 is 1.23 bits per heavy atom. The van der Waals surface area contributed by atoms with Gasteiger partial charge in [0.05, 0.1) is 10.2 Å². The smallest absolute Gasteiger partial charge is 0.220 e. The maximum Gasteiger partial charge on any atom is 0.220 e. The third-order valence-electron chi connectivity index (χ3n) is 5.02. The number of hydrogen-bond donors (Lipinski definition) is 1. The van der Waals surface area contributed by atoms with E-state index in [1.807, 2.05) is 0 Å².